The number of carbonyl (C=O) groups excluding carboxylic acids is 1. The van der Waals surface area contributed by atoms with Crippen molar-refractivity contribution in [2.24, 2.45) is 0 Å². The number of carbonyl (C=O) groups is 1. The monoisotopic (exact) mass is 256 g/mol. The summed E-state index contributed by atoms with van der Waals surface area (Å²) in [7, 11) is 1.30. The summed E-state index contributed by atoms with van der Waals surface area (Å²) in [6.07, 6.45) is 0. The third-order valence-corrected chi connectivity index (χ3v) is 2.36. The Morgan fingerprint density at radius 1 is 1.44 bits per heavy atom. The number of carboxylic acid groups (broad SMARTS) is 1. The number of alkyl halides is 2. The van der Waals surface area contributed by atoms with Crippen molar-refractivity contribution in [3.8, 4) is 11.5 Å². The quantitative estimate of drug-likeness (QED) is 0.890. The molecule has 0 saturated carbocycles. The van der Waals surface area contributed by atoms with Gasteiger partial charge in [0.1, 0.15) is 0 Å². The Kier molecular flexibility index (Phi) is 3.05. The second-order valence-electron chi connectivity index (χ2n) is 3.41. The van der Waals surface area contributed by atoms with Gasteiger partial charge in [0.05, 0.1) is 18.8 Å². The molecule has 0 radical (unpaired) electrons. The smallest absolute Gasteiger partial charge is 0.387 e. The molecule has 0 fully saturated rings. The number of fused-ring (bicyclic) bond motifs is 1. The van der Waals surface area contributed by atoms with Gasteiger partial charge in [-0.2, -0.15) is 8.78 Å². The summed E-state index contributed by atoms with van der Waals surface area (Å²) < 4.78 is 33.9. The van der Waals surface area contributed by atoms with Crippen LogP contribution in [0.2, 0.25) is 0 Å². The number of benzene rings is 1. The van der Waals surface area contributed by atoms with Gasteiger partial charge in [-0.25, -0.2) is 0 Å². The van der Waals surface area contributed by atoms with E-state index in [1.807, 2.05) is 0 Å². The molecule has 5 nitrogen and oxygen atoms in total. The first-order valence-electron chi connectivity index (χ1n) is 4.88. The third kappa shape index (κ3) is 2.06. The molecule has 2 aromatic rings. The second kappa shape index (κ2) is 4.52. The molecule has 0 unspecified atom stereocenters. The summed E-state index contributed by atoms with van der Waals surface area (Å²) in [5, 5.41) is 10.9. The van der Waals surface area contributed by atoms with Gasteiger partial charge in [0, 0.05) is 10.9 Å². The lowest BCUT2D eigenvalue weighted by atomic mass is 10.2. The summed E-state index contributed by atoms with van der Waals surface area (Å²) in [5.74, 6) is -1.56. The first kappa shape index (κ1) is 12.2. The molecule has 0 aliphatic rings. The third-order valence-electron chi connectivity index (χ3n) is 2.36. The summed E-state index contributed by atoms with van der Waals surface area (Å²) in [6.45, 7) is -3.04. The van der Waals surface area contributed by atoms with Gasteiger partial charge >= 0.3 is 6.61 Å². The van der Waals surface area contributed by atoms with E-state index in [1.165, 1.54) is 19.2 Å². The van der Waals surface area contributed by atoms with Crippen molar-refractivity contribution >= 4 is 16.9 Å². The Hall–Kier alpha value is -2.31. The van der Waals surface area contributed by atoms with Crippen LogP contribution in [0.3, 0.4) is 0 Å². The van der Waals surface area contributed by atoms with Crippen LogP contribution in [0.25, 0.3) is 10.9 Å². The van der Waals surface area contributed by atoms with Crippen LogP contribution in [0.5, 0.6) is 11.5 Å². The highest BCUT2D eigenvalue weighted by Crippen LogP contribution is 2.36. The van der Waals surface area contributed by atoms with Gasteiger partial charge in [-0.3, -0.25) is 0 Å². The van der Waals surface area contributed by atoms with Crippen molar-refractivity contribution in [3.05, 3.63) is 23.9 Å². The lowest BCUT2D eigenvalue weighted by molar-refractivity contribution is -0.255. The van der Waals surface area contributed by atoms with E-state index in [9.17, 15) is 18.7 Å². The SMILES string of the molecule is COc1ccc2[nH]c(C(=O)[O-])cc2c1OC(F)F. The number of nitrogens with one attached hydrogen (secondary N) is 1. The maximum atomic E-state index is 12.3. The van der Waals surface area contributed by atoms with E-state index in [1.54, 1.807) is 0 Å². The van der Waals surface area contributed by atoms with E-state index in [2.05, 4.69) is 9.72 Å². The van der Waals surface area contributed by atoms with Gasteiger partial charge in [0.25, 0.3) is 0 Å². The molecule has 0 saturated heterocycles. The molecule has 1 N–H and O–H groups in total. The van der Waals surface area contributed by atoms with Crippen molar-refractivity contribution in [3.63, 3.8) is 0 Å². The molecule has 7 heteroatoms. The molecule has 0 aliphatic carbocycles. The lowest BCUT2D eigenvalue weighted by Crippen LogP contribution is -2.22. The topological polar surface area (TPSA) is 74.4 Å². The Balaban J connectivity index is 2.64. The van der Waals surface area contributed by atoms with Crippen LogP contribution >= 0.6 is 0 Å². The zero-order valence-corrected chi connectivity index (χ0v) is 9.20. The Morgan fingerprint density at radius 2 is 2.17 bits per heavy atom. The summed E-state index contributed by atoms with van der Waals surface area (Å²) in [6, 6.07) is 4.06. The number of aromatic amines is 1. The van der Waals surface area contributed by atoms with Crippen molar-refractivity contribution in [1.29, 1.82) is 0 Å². The molecule has 0 bridgehead atoms. The number of aromatic nitrogens is 1. The van der Waals surface area contributed by atoms with Crippen LogP contribution in [0.15, 0.2) is 18.2 Å². The highest BCUT2D eigenvalue weighted by molar-refractivity contribution is 5.96. The highest BCUT2D eigenvalue weighted by Gasteiger charge is 2.16. The zero-order chi connectivity index (χ0) is 13.3. The van der Waals surface area contributed by atoms with Crippen LogP contribution in [0.4, 0.5) is 8.78 Å². The van der Waals surface area contributed by atoms with Gasteiger partial charge in [-0.15, -0.1) is 0 Å². The van der Waals surface area contributed by atoms with E-state index >= 15 is 0 Å². The minimum atomic E-state index is -3.04. The summed E-state index contributed by atoms with van der Waals surface area (Å²) in [4.78, 5) is 13.2. The van der Waals surface area contributed by atoms with Gasteiger partial charge in [0.15, 0.2) is 11.5 Å². The average Bonchev–Trinajstić information content (AvgIpc) is 2.73. The number of carboxylic acids is 1. The van der Waals surface area contributed by atoms with Gasteiger partial charge < -0.3 is 24.4 Å². The van der Waals surface area contributed by atoms with E-state index in [0.717, 1.165) is 6.07 Å². The van der Waals surface area contributed by atoms with Crippen LogP contribution in [0, 0.1) is 0 Å². The van der Waals surface area contributed by atoms with Crippen LogP contribution in [-0.4, -0.2) is 24.7 Å². The molecule has 1 aromatic carbocycles. The molecule has 2 rings (SSSR count). The lowest BCUT2D eigenvalue weighted by Gasteiger charge is -2.10. The van der Waals surface area contributed by atoms with E-state index in [0.29, 0.717) is 5.52 Å². The van der Waals surface area contributed by atoms with E-state index in [4.69, 9.17) is 4.74 Å². The Labute approximate surface area is 99.9 Å². The van der Waals surface area contributed by atoms with E-state index < -0.39 is 12.6 Å². The molecular weight excluding hydrogens is 248 g/mol. The normalized spacial score (nSPS) is 10.9. The van der Waals surface area contributed by atoms with Crippen LogP contribution in [-0.2, 0) is 0 Å². The fourth-order valence-corrected chi connectivity index (χ4v) is 1.64. The molecular formula is C11H8F2NO4-. The summed E-state index contributed by atoms with van der Waals surface area (Å²) in [5.41, 5.74) is 0.114. The standard InChI is InChI=1S/C11H9F2NO4/c1-17-8-3-2-6-5(9(8)18-11(12)13)4-7(14-6)10(15)16/h2-4,11,14H,1H3,(H,15,16)/p-1. The average molecular weight is 256 g/mol. The van der Waals surface area contributed by atoms with E-state index in [-0.39, 0.29) is 22.6 Å². The second-order valence-corrected chi connectivity index (χ2v) is 3.41. The van der Waals surface area contributed by atoms with Gasteiger partial charge in [-0.1, -0.05) is 0 Å². The molecule has 1 aromatic heterocycles. The van der Waals surface area contributed by atoms with Gasteiger partial charge in [-0.05, 0) is 18.2 Å². The first-order chi connectivity index (χ1) is 8.52. The summed E-state index contributed by atoms with van der Waals surface area (Å²) >= 11 is 0. The number of hydrogen-bond donors (Lipinski definition) is 1. The number of methoxy groups -OCH3 is 1. The largest absolute Gasteiger partial charge is 0.543 e. The molecule has 18 heavy (non-hydrogen) atoms. The Morgan fingerprint density at radius 3 is 2.72 bits per heavy atom. The zero-order valence-electron chi connectivity index (χ0n) is 9.20. The maximum Gasteiger partial charge on any atom is 0.387 e. The number of ether oxygens (including phenoxy) is 2. The number of halogens is 2. The minimum Gasteiger partial charge on any atom is -0.543 e. The molecule has 0 atom stereocenters. The predicted octanol–water partition coefficient (Wildman–Crippen LogP) is 1.14. The number of aromatic carboxylic acids is 1. The first-order valence-corrected chi connectivity index (χ1v) is 4.88. The van der Waals surface area contributed by atoms with Crippen molar-refractivity contribution in [1.82, 2.24) is 4.98 Å². The fraction of sp³-hybridized carbons (Fsp3) is 0.182. The number of hydrogen-bond acceptors (Lipinski definition) is 4. The van der Waals surface area contributed by atoms with Crippen LogP contribution < -0.4 is 14.6 Å². The van der Waals surface area contributed by atoms with Crippen molar-refractivity contribution in [2.75, 3.05) is 7.11 Å². The molecule has 0 spiro atoms. The minimum absolute atomic E-state index is 0.0895. The molecule has 0 amide bonds. The van der Waals surface area contributed by atoms with Crippen molar-refractivity contribution < 1.29 is 28.2 Å². The fourth-order valence-electron chi connectivity index (χ4n) is 1.64. The number of rotatable bonds is 4. The van der Waals surface area contributed by atoms with Crippen molar-refractivity contribution in [2.45, 2.75) is 6.61 Å². The molecule has 1 heterocycles. The molecule has 0 aliphatic heterocycles. The Bertz CT molecular complexity index is 594. The molecule has 96 valence electrons. The number of H-pyrrole nitrogens is 1. The van der Waals surface area contributed by atoms with Crippen LogP contribution in [0.1, 0.15) is 10.5 Å². The maximum absolute atomic E-state index is 12.3. The predicted molar refractivity (Wildman–Crippen MR) is 55.8 cm³/mol. The highest BCUT2D eigenvalue weighted by atomic mass is 19.3. The van der Waals surface area contributed by atoms with Gasteiger partial charge in [0.2, 0.25) is 0 Å².